The van der Waals surface area contributed by atoms with Gasteiger partial charge in [-0.15, -0.1) is 0 Å². The number of rotatable bonds is 2. The van der Waals surface area contributed by atoms with Crippen molar-refractivity contribution in [2.75, 3.05) is 0 Å². The molecule has 4 aliphatic rings. The van der Waals surface area contributed by atoms with E-state index < -0.39 is 0 Å². The van der Waals surface area contributed by atoms with Gasteiger partial charge in [0.1, 0.15) is 11.6 Å². The molecule has 4 bridgehead atoms. The van der Waals surface area contributed by atoms with Crippen molar-refractivity contribution >= 4 is 11.0 Å². The number of phenols is 1. The van der Waals surface area contributed by atoms with Gasteiger partial charge in [0.25, 0.3) is 0 Å². The Bertz CT molecular complexity index is 1010. The number of fused-ring (bicyclic) bond motifs is 1. The maximum atomic E-state index is 10.3. The Morgan fingerprint density at radius 2 is 1.61 bits per heavy atom. The van der Waals surface area contributed by atoms with Crippen LogP contribution in [0.25, 0.3) is 22.4 Å². The van der Waals surface area contributed by atoms with Crippen LogP contribution in [0.4, 0.5) is 0 Å². The van der Waals surface area contributed by atoms with Gasteiger partial charge in [-0.1, -0.05) is 18.2 Å². The second-order valence-corrected chi connectivity index (χ2v) is 9.22. The zero-order valence-corrected chi connectivity index (χ0v) is 17.2. The van der Waals surface area contributed by atoms with Crippen LogP contribution in [0.5, 0.6) is 5.75 Å². The fraction of sp³-hybridized carbons (Fsp3) is 0.458. The summed E-state index contributed by atoms with van der Waals surface area (Å²) in [7, 11) is 2.07. The molecule has 7 rings (SSSR count). The molecule has 4 heteroatoms. The van der Waals surface area contributed by atoms with E-state index in [9.17, 15) is 5.11 Å². The van der Waals surface area contributed by atoms with Gasteiger partial charge in [-0.2, -0.15) is 0 Å². The van der Waals surface area contributed by atoms with Crippen molar-refractivity contribution in [2.24, 2.45) is 30.7 Å². The van der Waals surface area contributed by atoms with E-state index in [4.69, 9.17) is 4.98 Å². The van der Waals surface area contributed by atoms with Gasteiger partial charge in [0.15, 0.2) is 0 Å². The Morgan fingerprint density at radius 3 is 2.29 bits per heavy atom. The number of nitrogens with zero attached hydrogens (tertiary/aromatic N) is 2. The molecular weight excluding hydrogens is 391 g/mol. The van der Waals surface area contributed by atoms with Crippen LogP contribution in [0, 0.1) is 23.7 Å². The number of aromatic hydroxyl groups is 1. The van der Waals surface area contributed by atoms with Crippen molar-refractivity contribution < 1.29 is 21.9 Å². The molecule has 1 radical (unpaired) electrons. The minimum atomic E-state index is 0. The number of hydrogen-bond acceptors (Lipinski definition) is 2. The molecule has 1 heterocycles. The first kappa shape index (κ1) is 18.3. The molecule has 28 heavy (non-hydrogen) atoms. The van der Waals surface area contributed by atoms with E-state index in [1.165, 1.54) is 43.2 Å². The molecule has 0 saturated heterocycles. The number of imidazole rings is 1. The number of aryl methyl sites for hydroxylation is 1. The van der Waals surface area contributed by atoms with Crippen molar-refractivity contribution in [1.82, 2.24) is 9.55 Å². The van der Waals surface area contributed by atoms with E-state index in [-0.39, 0.29) is 22.5 Å². The maximum Gasteiger partial charge on any atom is 0.144 e. The third kappa shape index (κ3) is 2.65. The summed E-state index contributed by atoms with van der Waals surface area (Å²) in [5.74, 6) is 5.68. The average Bonchev–Trinajstić information content (AvgIpc) is 2.98. The standard InChI is InChI=1S/C24H26N2O.Co/c1-26-21-13-16(23-17-9-14-8-15(11-17)12-18(23)10-14)6-7-20(21)25-24(26)19-4-2-3-5-22(19)27;/h2-7,13-15,17-18,23,27H,8-12H2,1H3;. The summed E-state index contributed by atoms with van der Waals surface area (Å²) in [5, 5.41) is 10.3. The first-order valence-corrected chi connectivity index (χ1v) is 10.4. The predicted molar refractivity (Wildman–Crippen MR) is 108 cm³/mol. The number of para-hydroxylation sites is 1. The van der Waals surface area contributed by atoms with Crippen molar-refractivity contribution in [3.63, 3.8) is 0 Å². The molecule has 0 aliphatic heterocycles. The molecule has 4 aliphatic carbocycles. The summed E-state index contributed by atoms with van der Waals surface area (Å²) in [4.78, 5) is 4.82. The van der Waals surface area contributed by atoms with E-state index in [0.717, 1.165) is 46.5 Å². The molecule has 2 aromatic carbocycles. The molecule has 0 amide bonds. The van der Waals surface area contributed by atoms with Crippen molar-refractivity contribution in [3.05, 3.63) is 48.0 Å². The number of phenolic OH excluding ortho intramolecular Hbond substituents is 1. The Kier molecular flexibility index (Phi) is 4.33. The molecule has 0 unspecified atom stereocenters. The third-order valence-electron chi connectivity index (χ3n) is 7.66. The number of aromatic nitrogens is 2. The van der Waals surface area contributed by atoms with Crippen LogP contribution in [0.2, 0.25) is 0 Å². The zero-order chi connectivity index (χ0) is 18.1. The van der Waals surface area contributed by atoms with Crippen LogP contribution in [0.15, 0.2) is 42.5 Å². The van der Waals surface area contributed by atoms with Gasteiger partial charge in [0, 0.05) is 23.8 Å². The summed E-state index contributed by atoms with van der Waals surface area (Å²) in [6.45, 7) is 0. The van der Waals surface area contributed by atoms with Gasteiger partial charge in [-0.25, -0.2) is 4.98 Å². The molecule has 3 nitrogen and oxygen atoms in total. The Morgan fingerprint density at radius 1 is 0.929 bits per heavy atom. The molecule has 1 N–H and O–H groups in total. The van der Waals surface area contributed by atoms with Gasteiger partial charge in [0.2, 0.25) is 0 Å². The van der Waals surface area contributed by atoms with E-state index in [0.29, 0.717) is 0 Å². The van der Waals surface area contributed by atoms with E-state index in [1.807, 2.05) is 18.2 Å². The molecule has 4 saturated carbocycles. The van der Waals surface area contributed by atoms with Crippen LogP contribution in [-0.2, 0) is 23.8 Å². The van der Waals surface area contributed by atoms with E-state index in [1.54, 1.807) is 6.07 Å². The minimum absolute atomic E-state index is 0. The Balaban J connectivity index is 0.00000171. The van der Waals surface area contributed by atoms with Gasteiger partial charge < -0.3 is 9.67 Å². The van der Waals surface area contributed by atoms with Crippen LogP contribution in [0.1, 0.15) is 43.6 Å². The van der Waals surface area contributed by atoms with Crippen LogP contribution >= 0.6 is 0 Å². The van der Waals surface area contributed by atoms with Crippen molar-refractivity contribution in [1.29, 1.82) is 0 Å². The summed E-state index contributed by atoms with van der Waals surface area (Å²) in [6, 6.07) is 14.4. The monoisotopic (exact) mass is 417 g/mol. The van der Waals surface area contributed by atoms with Gasteiger partial charge >= 0.3 is 0 Å². The first-order chi connectivity index (χ1) is 13.2. The largest absolute Gasteiger partial charge is 0.507 e. The average molecular weight is 417 g/mol. The summed E-state index contributed by atoms with van der Waals surface area (Å²) in [5.41, 5.74) is 4.51. The molecule has 4 fully saturated rings. The van der Waals surface area contributed by atoms with E-state index >= 15 is 0 Å². The van der Waals surface area contributed by atoms with Gasteiger partial charge in [-0.05, 0) is 91.5 Å². The van der Waals surface area contributed by atoms with Gasteiger partial charge in [-0.3, -0.25) is 0 Å². The van der Waals surface area contributed by atoms with Crippen LogP contribution in [-0.4, -0.2) is 14.7 Å². The number of hydrogen-bond donors (Lipinski definition) is 1. The molecule has 3 aromatic rings. The van der Waals surface area contributed by atoms with Crippen molar-refractivity contribution in [3.8, 4) is 17.1 Å². The third-order valence-corrected chi connectivity index (χ3v) is 7.66. The summed E-state index contributed by atoms with van der Waals surface area (Å²) < 4.78 is 2.14. The summed E-state index contributed by atoms with van der Waals surface area (Å²) >= 11 is 0. The summed E-state index contributed by atoms with van der Waals surface area (Å²) in [6.07, 6.45) is 7.30. The Hall–Kier alpha value is -1.78. The maximum absolute atomic E-state index is 10.3. The second kappa shape index (κ2) is 6.63. The minimum Gasteiger partial charge on any atom is -0.507 e. The topological polar surface area (TPSA) is 38.0 Å². The quantitative estimate of drug-likeness (QED) is 0.599. The SMILES string of the molecule is Cn1c(-c2ccccc2O)nc2ccc(C3C4CC5CC(C4)CC3C5)cc21.[Co]. The fourth-order valence-corrected chi connectivity index (χ4v) is 6.79. The molecule has 1 aromatic heterocycles. The predicted octanol–water partition coefficient (Wildman–Crippen LogP) is 5.48. The molecule has 0 atom stereocenters. The second-order valence-electron chi connectivity index (χ2n) is 9.22. The normalized spacial score (nSPS) is 30.5. The Labute approximate surface area is 176 Å². The molecule has 0 spiro atoms. The fourth-order valence-electron chi connectivity index (χ4n) is 6.79. The zero-order valence-electron chi connectivity index (χ0n) is 16.1. The smallest absolute Gasteiger partial charge is 0.144 e. The number of benzene rings is 2. The van der Waals surface area contributed by atoms with Crippen LogP contribution in [0.3, 0.4) is 0 Å². The van der Waals surface area contributed by atoms with Gasteiger partial charge in [0.05, 0.1) is 16.6 Å². The molecular formula is C24H26CoN2O. The van der Waals surface area contributed by atoms with Crippen LogP contribution < -0.4 is 0 Å². The first-order valence-electron chi connectivity index (χ1n) is 10.4. The van der Waals surface area contributed by atoms with E-state index in [2.05, 4.69) is 29.8 Å². The van der Waals surface area contributed by atoms with Crippen molar-refractivity contribution in [2.45, 2.75) is 38.0 Å². The molecule has 147 valence electrons.